The molecule has 1 aliphatic carbocycles. The molecule has 0 saturated heterocycles. The van der Waals surface area contributed by atoms with Gasteiger partial charge in [0.25, 0.3) is 0 Å². The molecule has 8 heteroatoms. The van der Waals surface area contributed by atoms with E-state index < -0.39 is 29.2 Å². The third kappa shape index (κ3) is 5.30. The Labute approximate surface area is 113 Å². The number of alkyl halides is 3. The van der Waals surface area contributed by atoms with Crippen LogP contribution in [0.1, 0.15) is 19.8 Å². The van der Waals surface area contributed by atoms with E-state index in [0.717, 1.165) is 0 Å². The molecule has 1 rings (SSSR count). The molecule has 110 valence electrons. The highest BCUT2D eigenvalue weighted by atomic mass is 32.2. The summed E-state index contributed by atoms with van der Waals surface area (Å²) in [5, 5.41) is 11.4. The van der Waals surface area contributed by atoms with Crippen molar-refractivity contribution in [2.45, 2.75) is 25.3 Å². The van der Waals surface area contributed by atoms with Gasteiger partial charge in [0.1, 0.15) is 0 Å². The minimum absolute atomic E-state index is 0.111. The number of hydrogen-bond acceptors (Lipinski definition) is 3. The molecule has 1 saturated carbocycles. The molecular formula is C11H16F3NO3S. The van der Waals surface area contributed by atoms with E-state index in [1.165, 1.54) is 0 Å². The SMILES string of the molecule is CC1CC(C(=O)O)C(C(=O)NCCSC(F)(F)F)C1. The molecular weight excluding hydrogens is 283 g/mol. The van der Waals surface area contributed by atoms with Crippen LogP contribution < -0.4 is 5.32 Å². The van der Waals surface area contributed by atoms with Crippen LogP contribution in [0.5, 0.6) is 0 Å². The highest BCUT2D eigenvalue weighted by molar-refractivity contribution is 8.00. The van der Waals surface area contributed by atoms with Crippen LogP contribution in [0.15, 0.2) is 0 Å². The maximum Gasteiger partial charge on any atom is 0.441 e. The third-order valence-corrected chi connectivity index (χ3v) is 3.85. The monoisotopic (exact) mass is 299 g/mol. The molecule has 3 atom stereocenters. The number of carbonyl (C=O) groups excluding carboxylic acids is 1. The molecule has 19 heavy (non-hydrogen) atoms. The average molecular weight is 299 g/mol. The number of nitrogens with one attached hydrogen (secondary N) is 1. The number of aliphatic carboxylic acids is 1. The van der Waals surface area contributed by atoms with Gasteiger partial charge >= 0.3 is 11.5 Å². The number of rotatable bonds is 5. The van der Waals surface area contributed by atoms with Gasteiger partial charge in [0, 0.05) is 12.3 Å². The summed E-state index contributed by atoms with van der Waals surface area (Å²) < 4.78 is 35.6. The van der Waals surface area contributed by atoms with Crippen molar-refractivity contribution in [2.75, 3.05) is 12.3 Å². The fourth-order valence-electron chi connectivity index (χ4n) is 2.33. The van der Waals surface area contributed by atoms with Crippen LogP contribution in [0.25, 0.3) is 0 Å². The summed E-state index contributed by atoms with van der Waals surface area (Å²) in [5.41, 5.74) is -4.31. The topological polar surface area (TPSA) is 66.4 Å². The van der Waals surface area contributed by atoms with Gasteiger partial charge in [-0.05, 0) is 30.5 Å². The lowest BCUT2D eigenvalue weighted by Gasteiger charge is -2.15. The summed E-state index contributed by atoms with van der Waals surface area (Å²) in [7, 11) is 0. The Hall–Kier alpha value is -0.920. The van der Waals surface area contributed by atoms with Crippen LogP contribution in [0, 0.1) is 17.8 Å². The first-order valence-electron chi connectivity index (χ1n) is 5.92. The predicted octanol–water partition coefficient (Wildman–Crippen LogP) is 2.10. The lowest BCUT2D eigenvalue weighted by Crippen LogP contribution is -2.36. The molecule has 0 aromatic rings. The second-order valence-corrected chi connectivity index (χ2v) is 5.87. The van der Waals surface area contributed by atoms with Crippen LogP contribution in [0.4, 0.5) is 13.2 Å². The molecule has 0 aliphatic heterocycles. The predicted molar refractivity (Wildman–Crippen MR) is 64.5 cm³/mol. The summed E-state index contributed by atoms with van der Waals surface area (Å²) in [5.74, 6) is -2.97. The van der Waals surface area contributed by atoms with Crippen molar-refractivity contribution in [3.05, 3.63) is 0 Å². The smallest absolute Gasteiger partial charge is 0.441 e. The van der Waals surface area contributed by atoms with Crippen molar-refractivity contribution in [1.82, 2.24) is 5.32 Å². The van der Waals surface area contributed by atoms with Gasteiger partial charge in [-0.3, -0.25) is 9.59 Å². The van der Waals surface area contributed by atoms with E-state index in [0.29, 0.717) is 12.8 Å². The number of hydrogen-bond donors (Lipinski definition) is 2. The van der Waals surface area contributed by atoms with Crippen molar-refractivity contribution in [2.24, 2.45) is 17.8 Å². The normalized spacial score (nSPS) is 27.3. The zero-order chi connectivity index (χ0) is 14.6. The number of thioether (sulfide) groups is 1. The van der Waals surface area contributed by atoms with Gasteiger partial charge < -0.3 is 10.4 Å². The van der Waals surface area contributed by atoms with Crippen molar-refractivity contribution >= 4 is 23.6 Å². The molecule has 0 spiro atoms. The molecule has 4 nitrogen and oxygen atoms in total. The van der Waals surface area contributed by atoms with Gasteiger partial charge in [-0.25, -0.2) is 0 Å². The highest BCUT2D eigenvalue weighted by Crippen LogP contribution is 2.36. The average Bonchev–Trinajstić information content (AvgIpc) is 2.65. The van der Waals surface area contributed by atoms with E-state index >= 15 is 0 Å². The van der Waals surface area contributed by atoms with Gasteiger partial charge in [0.2, 0.25) is 5.91 Å². The minimum atomic E-state index is -4.31. The summed E-state index contributed by atoms with van der Waals surface area (Å²) in [6.45, 7) is 1.75. The largest absolute Gasteiger partial charge is 0.481 e. The van der Waals surface area contributed by atoms with E-state index in [2.05, 4.69) is 5.32 Å². The molecule has 2 N–H and O–H groups in total. The van der Waals surface area contributed by atoms with E-state index in [9.17, 15) is 22.8 Å². The maximum absolute atomic E-state index is 11.9. The van der Waals surface area contributed by atoms with Crippen LogP contribution in [-0.2, 0) is 9.59 Å². The van der Waals surface area contributed by atoms with Gasteiger partial charge in [-0.15, -0.1) is 0 Å². The van der Waals surface area contributed by atoms with Crippen molar-refractivity contribution in [3.63, 3.8) is 0 Å². The summed E-state index contributed by atoms with van der Waals surface area (Å²) >= 11 is -0.205. The van der Waals surface area contributed by atoms with Crippen LogP contribution in [0.3, 0.4) is 0 Å². The summed E-state index contributed by atoms with van der Waals surface area (Å²) in [4.78, 5) is 22.8. The Morgan fingerprint density at radius 3 is 2.42 bits per heavy atom. The van der Waals surface area contributed by atoms with Crippen LogP contribution in [0.2, 0.25) is 0 Å². The molecule has 0 aromatic heterocycles. The standard InChI is InChI=1S/C11H16F3NO3S/c1-6-4-7(8(5-6)10(17)18)9(16)15-2-3-19-11(12,13)14/h6-8H,2-5H2,1H3,(H,15,16)(H,17,18). The Morgan fingerprint density at radius 1 is 1.32 bits per heavy atom. The number of carboxylic acid groups (broad SMARTS) is 1. The number of carboxylic acids is 1. The van der Waals surface area contributed by atoms with Crippen molar-refractivity contribution in [3.8, 4) is 0 Å². The zero-order valence-electron chi connectivity index (χ0n) is 10.4. The van der Waals surface area contributed by atoms with E-state index in [-0.39, 0.29) is 30.0 Å². The van der Waals surface area contributed by atoms with E-state index in [1.807, 2.05) is 6.92 Å². The van der Waals surface area contributed by atoms with E-state index in [1.54, 1.807) is 0 Å². The van der Waals surface area contributed by atoms with Gasteiger partial charge in [-0.2, -0.15) is 13.2 Å². The Bertz CT molecular complexity index is 349. The second-order valence-electron chi connectivity index (χ2n) is 4.71. The van der Waals surface area contributed by atoms with Crippen LogP contribution >= 0.6 is 11.8 Å². The lowest BCUT2D eigenvalue weighted by atomic mass is 9.95. The van der Waals surface area contributed by atoms with Crippen molar-refractivity contribution < 1.29 is 27.9 Å². The first-order valence-corrected chi connectivity index (χ1v) is 6.90. The van der Waals surface area contributed by atoms with Crippen molar-refractivity contribution in [1.29, 1.82) is 0 Å². The number of amides is 1. The number of carbonyl (C=O) groups is 2. The quantitative estimate of drug-likeness (QED) is 0.763. The van der Waals surface area contributed by atoms with Gasteiger partial charge in [0.05, 0.1) is 11.8 Å². The molecule has 0 bridgehead atoms. The Kier molecular flexibility index (Phi) is 5.51. The first kappa shape index (κ1) is 16.1. The van der Waals surface area contributed by atoms with Gasteiger partial charge in [0.15, 0.2) is 0 Å². The zero-order valence-corrected chi connectivity index (χ0v) is 11.2. The maximum atomic E-state index is 11.9. The molecule has 0 aromatic carbocycles. The fraction of sp³-hybridized carbons (Fsp3) is 0.818. The fourth-order valence-corrected chi connectivity index (χ4v) is 2.76. The third-order valence-electron chi connectivity index (χ3n) is 3.12. The number of halogens is 3. The Balaban J connectivity index is 2.38. The van der Waals surface area contributed by atoms with Crippen LogP contribution in [-0.4, -0.2) is 34.8 Å². The molecule has 1 amide bonds. The second kappa shape index (κ2) is 6.49. The highest BCUT2D eigenvalue weighted by Gasteiger charge is 2.41. The van der Waals surface area contributed by atoms with E-state index in [4.69, 9.17) is 5.11 Å². The summed E-state index contributed by atoms with van der Waals surface area (Å²) in [6.07, 6.45) is 0.903. The molecule has 0 radical (unpaired) electrons. The minimum Gasteiger partial charge on any atom is -0.481 e. The molecule has 0 heterocycles. The molecule has 3 unspecified atom stereocenters. The molecule has 1 fully saturated rings. The Morgan fingerprint density at radius 2 is 1.89 bits per heavy atom. The molecule has 1 aliphatic rings. The van der Waals surface area contributed by atoms with Gasteiger partial charge in [-0.1, -0.05) is 6.92 Å². The summed E-state index contributed by atoms with van der Waals surface area (Å²) in [6, 6.07) is 0. The first-order chi connectivity index (χ1) is 8.70. The lowest BCUT2D eigenvalue weighted by molar-refractivity contribution is -0.146.